The van der Waals surface area contributed by atoms with Crippen LogP contribution < -0.4 is 5.73 Å². The molecular formula is C13H21ClN2O2S2. The minimum atomic E-state index is -3.55. The molecule has 1 aromatic rings. The van der Waals surface area contributed by atoms with Crippen LogP contribution in [0.1, 0.15) is 18.9 Å². The second-order valence-corrected chi connectivity index (χ2v) is 7.97. The molecule has 0 aromatic heterocycles. The molecule has 0 saturated heterocycles. The Morgan fingerprint density at radius 3 is 2.50 bits per heavy atom. The van der Waals surface area contributed by atoms with Crippen LogP contribution in [0.3, 0.4) is 0 Å². The van der Waals surface area contributed by atoms with E-state index in [1.165, 1.54) is 10.4 Å². The highest BCUT2D eigenvalue weighted by molar-refractivity contribution is 7.98. The zero-order valence-electron chi connectivity index (χ0n) is 12.2. The van der Waals surface area contributed by atoms with Crippen molar-refractivity contribution in [3.63, 3.8) is 0 Å². The Kier molecular flexibility index (Phi) is 6.19. The van der Waals surface area contributed by atoms with Gasteiger partial charge in [0.2, 0.25) is 10.0 Å². The van der Waals surface area contributed by atoms with Crippen LogP contribution in [-0.4, -0.2) is 37.8 Å². The highest BCUT2D eigenvalue weighted by Crippen LogP contribution is 2.29. The van der Waals surface area contributed by atoms with E-state index in [9.17, 15) is 8.42 Å². The number of hydrogen-bond acceptors (Lipinski definition) is 4. The van der Waals surface area contributed by atoms with Crippen molar-refractivity contribution in [2.24, 2.45) is 0 Å². The second-order valence-electron chi connectivity index (χ2n) is 4.68. The third kappa shape index (κ3) is 3.61. The van der Waals surface area contributed by atoms with Crippen LogP contribution in [0.4, 0.5) is 5.69 Å². The molecule has 1 unspecified atom stereocenters. The van der Waals surface area contributed by atoms with E-state index >= 15 is 0 Å². The van der Waals surface area contributed by atoms with Crippen LogP contribution in [0.25, 0.3) is 0 Å². The normalized spacial score (nSPS) is 13.7. The van der Waals surface area contributed by atoms with Crippen LogP contribution in [0.5, 0.6) is 0 Å². The van der Waals surface area contributed by atoms with E-state index in [4.69, 9.17) is 17.3 Å². The molecule has 0 heterocycles. The summed E-state index contributed by atoms with van der Waals surface area (Å²) in [5, 5.41) is 0.405. The van der Waals surface area contributed by atoms with Crippen LogP contribution in [0, 0.1) is 6.92 Å². The number of rotatable bonds is 6. The van der Waals surface area contributed by atoms with Crippen molar-refractivity contribution in [1.82, 2.24) is 4.31 Å². The summed E-state index contributed by atoms with van der Waals surface area (Å²) in [5.74, 6) is 0.758. The third-order valence-electron chi connectivity index (χ3n) is 3.28. The molecular weight excluding hydrogens is 316 g/mol. The molecule has 0 bridgehead atoms. The first-order valence-corrected chi connectivity index (χ1v) is 9.49. The van der Waals surface area contributed by atoms with Crippen molar-refractivity contribution in [1.29, 1.82) is 0 Å². The summed E-state index contributed by atoms with van der Waals surface area (Å²) in [6, 6.07) is 2.95. The highest BCUT2D eigenvalue weighted by Gasteiger charge is 2.27. The van der Waals surface area contributed by atoms with Crippen molar-refractivity contribution < 1.29 is 8.42 Å². The molecule has 0 aliphatic heterocycles. The molecule has 2 N–H and O–H groups in total. The van der Waals surface area contributed by atoms with Gasteiger partial charge in [-0.15, -0.1) is 0 Å². The molecule has 0 amide bonds. The summed E-state index contributed by atoms with van der Waals surface area (Å²) in [6.07, 6.45) is 2.73. The molecule has 1 rings (SSSR count). The number of benzene rings is 1. The summed E-state index contributed by atoms with van der Waals surface area (Å²) < 4.78 is 26.7. The number of nitrogens with zero attached hydrogens (tertiary/aromatic N) is 1. The van der Waals surface area contributed by atoms with E-state index < -0.39 is 10.0 Å². The molecule has 0 spiro atoms. The Morgan fingerprint density at radius 1 is 1.45 bits per heavy atom. The fraction of sp³-hybridized carbons (Fsp3) is 0.538. The van der Waals surface area contributed by atoms with Gasteiger partial charge in [-0.2, -0.15) is 16.1 Å². The molecule has 0 fully saturated rings. The lowest BCUT2D eigenvalue weighted by Crippen LogP contribution is -2.38. The molecule has 4 nitrogen and oxygen atoms in total. The van der Waals surface area contributed by atoms with Crippen molar-refractivity contribution in [2.45, 2.75) is 31.2 Å². The van der Waals surface area contributed by atoms with Crippen LogP contribution in [0.15, 0.2) is 17.0 Å². The molecule has 20 heavy (non-hydrogen) atoms. The molecule has 7 heteroatoms. The highest BCUT2D eigenvalue weighted by atomic mass is 35.5. The SMILES string of the molecule is CCC(CSC)N(C)S(=O)(=O)c1cc(C)c(Cl)c(N)c1. The van der Waals surface area contributed by atoms with Gasteiger partial charge in [0.15, 0.2) is 0 Å². The molecule has 114 valence electrons. The maximum Gasteiger partial charge on any atom is 0.243 e. The van der Waals surface area contributed by atoms with Gasteiger partial charge in [0.1, 0.15) is 0 Å². The molecule has 0 aliphatic rings. The minimum Gasteiger partial charge on any atom is -0.397 e. The van der Waals surface area contributed by atoms with Crippen molar-refractivity contribution >= 4 is 39.1 Å². The largest absolute Gasteiger partial charge is 0.397 e. The van der Waals surface area contributed by atoms with Crippen LogP contribution in [-0.2, 0) is 10.0 Å². The third-order valence-corrected chi connectivity index (χ3v) is 6.40. The summed E-state index contributed by atoms with van der Waals surface area (Å²) in [6.45, 7) is 3.73. The second kappa shape index (κ2) is 7.02. The average molecular weight is 337 g/mol. The first-order valence-electron chi connectivity index (χ1n) is 6.28. The van der Waals surface area contributed by atoms with E-state index in [0.29, 0.717) is 10.6 Å². The smallest absolute Gasteiger partial charge is 0.243 e. The standard InChI is InChI=1S/C13H21ClN2O2S2/c1-5-10(8-19-4)16(3)20(17,18)11-6-9(2)13(14)12(15)7-11/h6-7,10H,5,8,15H2,1-4H3. The number of sulfonamides is 1. The van der Waals surface area contributed by atoms with E-state index in [-0.39, 0.29) is 16.6 Å². The first kappa shape index (κ1) is 17.6. The van der Waals surface area contributed by atoms with E-state index in [1.807, 2.05) is 13.2 Å². The lowest BCUT2D eigenvalue weighted by Gasteiger charge is -2.26. The van der Waals surface area contributed by atoms with Crippen LogP contribution >= 0.6 is 23.4 Å². The van der Waals surface area contributed by atoms with Gasteiger partial charge in [-0.05, 0) is 37.3 Å². The topological polar surface area (TPSA) is 63.4 Å². The Hall–Kier alpha value is -0.430. The monoisotopic (exact) mass is 336 g/mol. The van der Waals surface area contributed by atoms with Crippen molar-refractivity contribution in [3.05, 3.63) is 22.7 Å². The summed E-state index contributed by atoms with van der Waals surface area (Å²) >= 11 is 7.61. The zero-order chi connectivity index (χ0) is 15.5. The maximum absolute atomic E-state index is 12.6. The number of aryl methyl sites for hydroxylation is 1. The van der Waals surface area contributed by atoms with E-state index in [2.05, 4.69) is 0 Å². The zero-order valence-corrected chi connectivity index (χ0v) is 14.6. The predicted octanol–water partition coefficient (Wildman–Crippen LogP) is 2.99. The number of thioether (sulfide) groups is 1. The van der Waals surface area contributed by atoms with Gasteiger partial charge in [-0.3, -0.25) is 0 Å². The summed E-state index contributed by atoms with van der Waals surface area (Å²) in [7, 11) is -1.94. The Labute approximate surface area is 130 Å². The predicted molar refractivity (Wildman–Crippen MR) is 88.0 cm³/mol. The van der Waals surface area contributed by atoms with Gasteiger partial charge in [0, 0.05) is 18.8 Å². The van der Waals surface area contributed by atoms with E-state index in [0.717, 1.165) is 12.2 Å². The molecule has 0 radical (unpaired) electrons. The Balaban J connectivity index is 3.22. The van der Waals surface area contributed by atoms with Gasteiger partial charge in [0.25, 0.3) is 0 Å². The number of halogens is 1. The molecule has 1 aromatic carbocycles. The molecule has 1 atom stereocenters. The molecule has 0 aliphatic carbocycles. The Bertz CT molecular complexity index is 553. The maximum atomic E-state index is 12.6. The van der Waals surface area contributed by atoms with Gasteiger partial charge in [0.05, 0.1) is 15.6 Å². The number of hydrogen-bond donors (Lipinski definition) is 1. The molecule has 0 saturated carbocycles. The lowest BCUT2D eigenvalue weighted by atomic mass is 10.2. The number of nitrogen functional groups attached to an aromatic ring is 1. The van der Waals surface area contributed by atoms with Crippen LogP contribution in [0.2, 0.25) is 5.02 Å². The Morgan fingerprint density at radius 2 is 2.05 bits per heavy atom. The quantitative estimate of drug-likeness (QED) is 0.811. The summed E-state index contributed by atoms with van der Waals surface area (Å²) in [4.78, 5) is 0.193. The van der Waals surface area contributed by atoms with Gasteiger partial charge < -0.3 is 5.73 Å². The van der Waals surface area contributed by atoms with Gasteiger partial charge in [-0.25, -0.2) is 8.42 Å². The van der Waals surface area contributed by atoms with Crippen molar-refractivity contribution in [2.75, 3.05) is 24.8 Å². The average Bonchev–Trinajstić information content (AvgIpc) is 2.40. The lowest BCUT2D eigenvalue weighted by molar-refractivity contribution is 0.385. The first-order chi connectivity index (χ1) is 9.25. The number of anilines is 1. The minimum absolute atomic E-state index is 0.0350. The van der Waals surface area contributed by atoms with E-state index in [1.54, 1.807) is 31.8 Å². The van der Waals surface area contributed by atoms with Gasteiger partial charge in [-0.1, -0.05) is 18.5 Å². The van der Waals surface area contributed by atoms with Gasteiger partial charge >= 0.3 is 0 Å². The summed E-state index contributed by atoms with van der Waals surface area (Å²) in [5.41, 5.74) is 6.72. The van der Waals surface area contributed by atoms with Crippen molar-refractivity contribution in [3.8, 4) is 0 Å². The number of nitrogens with two attached hydrogens (primary N) is 1. The fourth-order valence-electron chi connectivity index (χ4n) is 1.95. The fourth-order valence-corrected chi connectivity index (χ4v) is 4.54.